The van der Waals surface area contributed by atoms with Crippen molar-refractivity contribution in [2.24, 2.45) is 0 Å². The van der Waals surface area contributed by atoms with E-state index in [9.17, 15) is 9.59 Å². The Morgan fingerprint density at radius 1 is 1.10 bits per heavy atom. The van der Waals surface area contributed by atoms with Gasteiger partial charge in [0, 0.05) is 10.9 Å². The van der Waals surface area contributed by atoms with Gasteiger partial charge < -0.3 is 18.9 Å². The molecule has 3 aromatic rings. The molecule has 6 nitrogen and oxygen atoms in total. The molecule has 4 rings (SSSR count). The van der Waals surface area contributed by atoms with Crippen molar-refractivity contribution in [1.82, 2.24) is 0 Å². The van der Waals surface area contributed by atoms with Crippen molar-refractivity contribution in [2.45, 2.75) is 13.3 Å². The number of methoxy groups -OCH3 is 2. The second-order valence-corrected chi connectivity index (χ2v) is 7.93. The first kappa shape index (κ1) is 20.7. The maximum Gasteiger partial charge on any atom is 0.316 e. The molecule has 0 spiro atoms. The summed E-state index contributed by atoms with van der Waals surface area (Å²) in [5.41, 5.74) is 1.87. The van der Waals surface area contributed by atoms with Crippen molar-refractivity contribution in [3.05, 3.63) is 75.2 Å². The molecular formula is C24H20O6S. The van der Waals surface area contributed by atoms with Crippen LogP contribution in [0.1, 0.15) is 26.4 Å². The molecule has 0 aliphatic carbocycles. The average molecular weight is 436 g/mol. The molecule has 0 fully saturated rings. The van der Waals surface area contributed by atoms with Gasteiger partial charge in [0.25, 0.3) is 0 Å². The minimum atomic E-state index is -0.368. The predicted octanol–water partition coefficient (Wildman–Crippen LogP) is 4.84. The van der Waals surface area contributed by atoms with Crippen LogP contribution in [0.2, 0.25) is 0 Å². The average Bonchev–Trinajstić information content (AvgIpc) is 3.35. The zero-order chi connectivity index (χ0) is 22.0. The molecule has 0 saturated carbocycles. The van der Waals surface area contributed by atoms with E-state index in [1.165, 1.54) is 11.3 Å². The Morgan fingerprint density at radius 3 is 2.61 bits per heavy atom. The van der Waals surface area contributed by atoms with Crippen molar-refractivity contribution in [3.63, 3.8) is 0 Å². The van der Waals surface area contributed by atoms with Crippen LogP contribution in [0, 0.1) is 6.92 Å². The number of Topliss-reactive ketones (excluding diaryl/α,β-unsaturated/α-hetero) is 1. The lowest BCUT2D eigenvalue weighted by Crippen LogP contribution is -2.10. The lowest BCUT2D eigenvalue weighted by Gasteiger charge is -2.08. The number of ether oxygens (including phenoxy) is 4. The van der Waals surface area contributed by atoms with Crippen molar-refractivity contribution < 1.29 is 28.5 Å². The highest BCUT2D eigenvalue weighted by molar-refractivity contribution is 7.10. The van der Waals surface area contributed by atoms with Crippen LogP contribution in [0.25, 0.3) is 6.08 Å². The molecule has 1 aliphatic rings. The number of ketones is 1. The Balaban J connectivity index is 1.56. The quantitative estimate of drug-likeness (QED) is 0.313. The Hall–Kier alpha value is -3.58. The number of fused-ring (bicyclic) bond motifs is 1. The summed E-state index contributed by atoms with van der Waals surface area (Å²) in [5, 5.41) is 1.91. The summed E-state index contributed by atoms with van der Waals surface area (Å²) in [4.78, 5) is 26.0. The molecule has 2 heterocycles. The van der Waals surface area contributed by atoms with Crippen LogP contribution in [0.3, 0.4) is 0 Å². The second-order valence-electron chi connectivity index (χ2n) is 6.90. The monoisotopic (exact) mass is 436 g/mol. The Kier molecular flexibility index (Phi) is 5.77. The summed E-state index contributed by atoms with van der Waals surface area (Å²) in [7, 11) is 3.11. The van der Waals surface area contributed by atoms with E-state index in [0.717, 1.165) is 10.4 Å². The molecule has 0 unspecified atom stereocenters. The minimum Gasteiger partial charge on any atom is -0.493 e. The van der Waals surface area contributed by atoms with E-state index in [2.05, 4.69) is 0 Å². The van der Waals surface area contributed by atoms with Gasteiger partial charge in [0.2, 0.25) is 5.78 Å². The van der Waals surface area contributed by atoms with E-state index in [-0.39, 0.29) is 23.9 Å². The van der Waals surface area contributed by atoms with Crippen molar-refractivity contribution in [1.29, 1.82) is 0 Å². The summed E-state index contributed by atoms with van der Waals surface area (Å²) in [5.74, 6) is 1.46. The predicted molar refractivity (Wildman–Crippen MR) is 117 cm³/mol. The molecule has 0 radical (unpaired) electrons. The maximum atomic E-state index is 12.9. The molecule has 0 bridgehead atoms. The van der Waals surface area contributed by atoms with Gasteiger partial charge in [-0.05, 0) is 53.8 Å². The van der Waals surface area contributed by atoms with Crippen LogP contribution in [-0.2, 0) is 11.2 Å². The lowest BCUT2D eigenvalue weighted by atomic mass is 10.0. The standard InChI is InChI=1S/C24H20O6S/c1-14-9-16(29-22(25)13-17-5-4-8-31-17)12-20-23(14)24(26)21(30-20)11-15-6-7-18(27-2)19(10-15)28-3/h4-12H,13H2,1-3H3/b21-11-. The number of hydrogen-bond donors (Lipinski definition) is 0. The number of allylic oxidation sites excluding steroid dienone is 1. The number of carbonyl (C=O) groups is 2. The van der Waals surface area contributed by atoms with Crippen molar-refractivity contribution in [3.8, 4) is 23.0 Å². The van der Waals surface area contributed by atoms with Crippen molar-refractivity contribution >= 4 is 29.2 Å². The summed E-state index contributed by atoms with van der Waals surface area (Å²) >= 11 is 1.50. The normalized spacial score (nSPS) is 13.6. The third-order valence-electron chi connectivity index (χ3n) is 4.78. The van der Waals surface area contributed by atoms with Gasteiger partial charge in [0.15, 0.2) is 17.3 Å². The number of carbonyl (C=O) groups excluding carboxylic acids is 2. The summed E-state index contributed by atoms with van der Waals surface area (Å²) in [6, 6.07) is 12.3. The molecule has 31 heavy (non-hydrogen) atoms. The minimum absolute atomic E-state index is 0.187. The highest BCUT2D eigenvalue weighted by atomic mass is 32.1. The van der Waals surface area contributed by atoms with E-state index in [4.69, 9.17) is 18.9 Å². The zero-order valence-electron chi connectivity index (χ0n) is 17.3. The largest absolute Gasteiger partial charge is 0.493 e. The smallest absolute Gasteiger partial charge is 0.316 e. The van der Waals surface area contributed by atoms with Gasteiger partial charge in [0.05, 0.1) is 26.2 Å². The van der Waals surface area contributed by atoms with E-state index >= 15 is 0 Å². The number of aryl methyl sites for hydroxylation is 1. The first-order chi connectivity index (χ1) is 15.0. The molecule has 7 heteroatoms. The molecule has 0 N–H and O–H groups in total. The number of hydrogen-bond acceptors (Lipinski definition) is 7. The van der Waals surface area contributed by atoms with Crippen LogP contribution in [0.4, 0.5) is 0 Å². The number of rotatable bonds is 6. The third-order valence-corrected chi connectivity index (χ3v) is 5.66. The Bertz CT molecular complexity index is 1180. The van der Waals surface area contributed by atoms with Gasteiger partial charge in [-0.3, -0.25) is 9.59 Å². The molecule has 158 valence electrons. The van der Waals surface area contributed by atoms with Gasteiger partial charge in [-0.25, -0.2) is 0 Å². The fraction of sp³-hybridized carbons (Fsp3) is 0.167. The zero-order valence-corrected chi connectivity index (χ0v) is 18.1. The molecule has 1 aliphatic heterocycles. The molecule has 0 saturated heterocycles. The molecular weight excluding hydrogens is 416 g/mol. The number of esters is 1. The van der Waals surface area contributed by atoms with E-state index < -0.39 is 0 Å². The van der Waals surface area contributed by atoms with Crippen LogP contribution in [-0.4, -0.2) is 26.0 Å². The molecule has 2 aromatic carbocycles. The molecule has 0 amide bonds. The summed E-state index contributed by atoms with van der Waals surface area (Å²) in [6.45, 7) is 1.79. The van der Waals surface area contributed by atoms with Gasteiger partial charge in [-0.15, -0.1) is 11.3 Å². The summed E-state index contributed by atoms with van der Waals surface area (Å²) in [6.07, 6.45) is 1.84. The van der Waals surface area contributed by atoms with Gasteiger partial charge in [-0.1, -0.05) is 12.1 Å². The number of thiophene rings is 1. The van der Waals surface area contributed by atoms with Gasteiger partial charge in [-0.2, -0.15) is 0 Å². The van der Waals surface area contributed by atoms with Gasteiger partial charge in [0.1, 0.15) is 11.5 Å². The van der Waals surface area contributed by atoms with Crippen LogP contribution < -0.4 is 18.9 Å². The second kappa shape index (κ2) is 8.65. The van der Waals surface area contributed by atoms with E-state index in [1.54, 1.807) is 57.6 Å². The highest BCUT2D eigenvalue weighted by Gasteiger charge is 2.30. The third kappa shape index (κ3) is 4.32. The van der Waals surface area contributed by atoms with E-state index in [1.807, 2.05) is 17.5 Å². The lowest BCUT2D eigenvalue weighted by molar-refractivity contribution is -0.133. The van der Waals surface area contributed by atoms with Crippen LogP contribution in [0.5, 0.6) is 23.0 Å². The first-order valence-electron chi connectivity index (χ1n) is 9.52. The molecule has 0 atom stereocenters. The van der Waals surface area contributed by atoms with Crippen LogP contribution in [0.15, 0.2) is 53.6 Å². The SMILES string of the molecule is COc1ccc(/C=C2\Oc3cc(OC(=O)Cc4cccs4)cc(C)c3C2=O)cc1OC. The highest BCUT2D eigenvalue weighted by Crippen LogP contribution is 2.38. The summed E-state index contributed by atoms with van der Waals surface area (Å²) < 4.78 is 21.8. The Labute approximate surface area is 183 Å². The van der Waals surface area contributed by atoms with Crippen molar-refractivity contribution in [2.75, 3.05) is 14.2 Å². The Morgan fingerprint density at radius 2 is 1.90 bits per heavy atom. The van der Waals surface area contributed by atoms with E-state index in [0.29, 0.717) is 34.1 Å². The maximum absolute atomic E-state index is 12.9. The van der Waals surface area contributed by atoms with Gasteiger partial charge >= 0.3 is 5.97 Å². The number of benzene rings is 2. The fourth-order valence-electron chi connectivity index (χ4n) is 3.35. The molecule has 1 aromatic heterocycles. The fourth-order valence-corrected chi connectivity index (χ4v) is 4.04. The topological polar surface area (TPSA) is 71.1 Å². The first-order valence-corrected chi connectivity index (χ1v) is 10.4. The van der Waals surface area contributed by atoms with Crippen LogP contribution >= 0.6 is 11.3 Å².